The van der Waals surface area contributed by atoms with Crippen LogP contribution in [0.25, 0.3) is 0 Å². The fourth-order valence-corrected chi connectivity index (χ4v) is 1.27. The molecular formula is C6H10N2S. The molecule has 0 aliphatic carbocycles. The summed E-state index contributed by atoms with van der Waals surface area (Å²) in [5, 5.41) is 8.87. The predicted octanol–water partition coefficient (Wildman–Crippen LogP) is 2.05. The summed E-state index contributed by atoms with van der Waals surface area (Å²) < 4.78 is 0. The Labute approximate surface area is 58.9 Å². The third-order valence-corrected chi connectivity index (χ3v) is 2.34. The molecule has 3 heteroatoms. The Bertz CT molecular complexity index is 160. The molecule has 0 aliphatic rings. The second kappa shape index (κ2) is 2.92. The van der Waals surface area contributed by atoms with Crippen molar-refractivity contribution in [2.75, 3.05) is 0 Å². The van der Waals surface area contributed by atoms with E-state index in [-0.39, 0.29) is 0 Å². The van der Waals surface area contributed by atoms with Crippen molar-refractivity contribution >= 4 is 11.3 Å². The molecule has 0 aromatic carbocycles. The van der Waals surface area contributed by atoms with Crippen molar-refractivity contribution in [1.82, 2.24) is 10.2 Å². The first-order chi connectivity index (χ1) is 4.34. The van der Waals surface area contributed by atoms with Gasteiger partial charge in [0.05, 0.1) is 0 Å². The third-order valence-electron chi connectivity index (χ3n) is 1.41. The predicted molar refractivity (Wildman–Crippen MR) is 38.6 cm³/mol. The van der Waals surface area contributed by atoms with Crippen LogP contribution in [0, 0.1) is 0 Å². The largest absolute Gasteiger partial charge is 0.147 e. The van der Waals surface area contributed by atoms with Gasteiger partial charge in [0, 0.05) is 5.92 Å². The molecule has 9 heavy (non-hydrogen) atoms. The van der Waals surface area contributed by atoms with E-state index in [9.17, 15) is 0 Å². The van der Waals surface area contributed by atoms with Gasteiger partial charge in [-0.3, -0.25) is 0 Å². The molecular weight excluding hydrogens is 132 g/mol. The van der Waals surface area contributed by atoms with E-state index in [1.165, 1.54) is 0 Å². The van der Waals surface area contributed by atoms with Gasteiger partial charge in [-0.1, -0.05) is 13.8 Å². The Morgan fingerprint density at radius 2 is 2.56 bits per heavy atom. The fourth-order valence-electron chi connectivity index (χ4n) is 0.571. The summed E-state index contributed by atoms with van der Waals surface area (Å²) in [6.45, 7) is 4.33. The average molecular weight is 142 g/mol. The lowest BCUT2D eigenvalue weighted by atomic mass is 10.1. The van der Waals surface area contributed by atoms with E-state index in [1.807, 2.05) is 0 Å². The molecule has 1 rings (SSSR count). The SMILES string of the molecule is CCC(C)c1nncs1. The zero-order chi connectivity index (χ0) is 6.69. The topological polar surface area (TPSA) is 25.8 Å². The summed E-state index contributed by atoms with van der Waals surface area (Å²) >= 11 is 1.63. The fraction of sp³-hybridized carbons (Fsp3) is 0.667. The zero-order valence-corrected chi connectivity index (χ0v) is 6.48. The van der Waals surface area contributed by atoms with E-state index in [1.54, 1.807) is 16.8 Å². The molecule has 0 amide bonds. The molecule has 0 fully saturated rings. The van der Waals surface area contributed by atoms with Gasteiger partial charge in [-0.05, 0) is 6.42 Å². The molecule has 1 unspecified atom stereocenters. The minimum Gasteiger partial charge on any atom is -0.147 e. The smallest absolute Gasteiger partial charge is 0.120 e. The number of rotatable bonds is 2. The van der Waals surface area contributed by atoms with E-state index in [0.29, 0.717) is 5.92 Å². The second-order valence-corrected chi connectivity index (χ2v) is 2.95. The van der Waals surface area contributed by atoms with Crippen LogP contribution in [0.1, 0.15) is 31.2 Å². The highest BCUT2D eigenvalue weighted by atomic mass is 32.1. The van der Waals surface area contributed by atoms with Crippen LogP contribution in [0.5, 0.6) is 0 Å². The molecule has 1 aromatic heterocycles. The molecule has 0 N–H and O–H groups in total. The van der Waals surface area contributed by atoms with Crippen LogP contribution >= 0.6 is 11.3 Å². The van der Waals surface area contributed by atoms with E-state index in [0.717, 1.165) is 11.4 Å². The van der Waals surface area contributed by atoms with E-state index < -0.39 is 0 Å². The first-order valence-corrected chi connectivity index (χ1v) is 3.98. The summed E-state index contributed by atoms with van der Waals surface area (Å²) in [4.78, 5) is 0. The summed E-state index contributed by atoms with van der Waals surface area (Å²) in [5.41, 5.74) is 1.78. The van der Waals surface area contributed by atoms with E-state index >= 15 is 0 Å². The summed E-state index contributed by atoms with van der Waals surface area (Å²) in [5.74, 6) is 0.581. The molecule has 0 bridgehead atoms. The first kappa shape index (κ1) is 6.68. The molecule has 0 saturated heterocycles. The molecule has 0 aliphatic heterocycles. The second-order valence-electron chi connectivity index (χ2n) is 2.09. The highest BCUT2D eigenvalue weighted by Gasteiger charge is 2.04. The molecule has 2 nitrogen and oxygen atoms in total. The van der Waals surface area contributed by atoms with Gasteiger partial charge >= 0.3 is 0 Å². The minimum atomic E-state index is 0.581. The number of nitrogens with zero attached hydrogens (tertiary/aromatic N) is 2. The van der Waals surface area contributed by atoms with Crippen molar-refractivity contribution in [2.45, 2.75) is 26.2 Å². The quantitative estimate of drug-likeness (QED) is 0.631. The summed E-state index contributed by atoms with van der Waals surface area (Å²) in [7, 11) is 0. The average Bonchev–Trinajstić information content (AvgIpc) is 2.37. The van der Waals surface area contributed by atoms with Gasteiger partial charge in [0.25, 0.3) is 0 Å². The van der Waals surface area contributed by atoms with Gasteiger partial charge in [-0.2, -0.15) is 0 Å². The maximum Gasteiger partial charge on any atom is 0.120 e. The Hall–Kier alpha value is -0.440. The van der Waals surface area contributed by atoms with Crippen molar-refractivity contribution in [1.29, 1.82) is 0 Å². The van der Waals surface area contributed by atoms with Crippen molar-refractivity contribution in [3.05, 3.63) is 10.5 Å². The van der Waals surface area contributed by atoms with Crippen LogP contribution in [-0.4, -0.2) is 10.2 Å². The van der Waals surface area contributed by atoms with Crippen LogP contribution in [0.15, 0.2) is 5.51 Å². The maximum atomic E-state index is 3.96. The van der Waals surface area contributed by atoms with Gasteiger partial charge in [-0.15, -0.1) is 21.5 Å². The number of hydrogen-bond acceptors (Lipinski definition) is 3. The first-order valence-electron chi connectivity index (χ1n) is 3.10. The number of aromatic nitrogens is 2. The third kappa shape index (κ3) is 1.48. The lowest BCUT2D eigenvalue weighted by Crippen LogP contribution is -1.88. The zero-order valence-electron chi connectivity index (χ0n) is 5.66. The van der Waals surface area contributed by atoms with Crippen LogP contribution in [0.3, 0.4) is 0 Å². The Balaban J connectivity index is 2.65. The van der Waals surface area contributed by atoms with E-state index in [4.69, 9.17) is 0 Å². The van der Waals surface area contributed by atoms with Crippen LogP contribution in [0.4, 0.5) is 0 Å². The Kier molecular flexibility index (Phi) is 2.16. The van der Waals surface area contributed by atoms with Crippen LogP contribution in [0.2, 0.25) is 0 Å². The Morgan fingerprint density at radius 1 is 1.78 bits per heavy atom. The monoisotopic (exact) mass is 142 g/mol. The van der Waals surface area contributed by atoms with Crippen molar-refractivity contribution < 1.29 is 0 Å². The molecule has 0 spiro atoms. The Morgan fingerprint density at radius 3 is 3.00 bits per heavy atom. The summed E-state index contributed by atoms with van der Waals surface area (Å²) in [6.07, 6.45) is 1.15. The molecule has 1 heterocycles. The highest BCUT2D eigenvalue weighted by Crippen LogP contribution is 2.18. The van der Waals surface area contributed by atoms with Crippen molar-refractivity contribution in [3.63, 3.8) is 0 Å². The van der Waals surface area contributed by atoms with E-state index in [2.05, 4.69) is 24.0 Å². The lowest BCUT2D eigenvalue weighted by Gasteiger charge is -1.99. The van der Waals surface area contributed by atoms with Gasteiger partial charge in [0.2, 0.25) is 0 Å². The number of hydrogen-bond donors (Lipinski definition) is 0. The van der Waals surface area contributed by atoms with Gasteiger partial charge in [0.1, 0.15) is 10.5 Å². The van der Waals surface area contributed by atoms with Crippen molar-refractivity contribution in [2.24, 2.45) is 0 Å². The maximum absolute atomic E-state index is 3.96. The van der Waals surface area contributed by atoms with Gasteiger partial charge in [-0.25, -0.2) is 0 Å². The van der Waals surface area contributed by atoms with Crippen LogP contribution < -0.4 is 0 Å². The standard InChI is InChI=1S/C6H10N2S/c1-3-5(2)6-8-7-4-9-6/h4-5H,3H2,1-2H3. The van der Waals surface area contributed by atoms with Gasteiger partial charge in [0.15, 0.2) is 0 Å². The van der Waals surface area contributed by atoms with Gasteiger partial charge < -0.3 is 0 Å². The molecule has 50 valence electrons. The highest BCUT2D eigenvalue weighted by molar-refractivity contribution is 7.09. The molecule has 0 saturated carbocycles. The lowest BCUT2D eigenvalue weighted by molar-refractivity contribution is 0.715. The molecule has 1 aromatic rings. The normalized spacial score (nSPS) is 13.6. The van der Waals surface area contributed by atoms with Crippen LogP contribution in [-0.2, 0) is 0 Å². The molecule has 0 radical (unpaired) electrons. The summed E-state index contributed by atoms with van der Waals surface area (Å²) in [6, 6.07) is 0. The molecule has 1 atom stereocenters. The van der Waals surface area contributed by atoms with Crippen molar-refractivity contribution in [3.8, 4) is 0 Å². The minimum absolute atomic E-state index is 0.581.